The molecule has 0 aliphatic heterocycles. The van der Waals surface area contributed by atoms with E-state index in [2.05, 4.69) is 5.32 Å². The van der Waals surface area contributed by atoms with Crippen LogP contribution in [0.5, 0.6) is 5.75 Å². The number of aromatic nitrogens is 1. The zero-order chi connectivity index (χ0) is 21.0. The SMILES string of the molecule is CCC(Sc1cc(C)c2cccc(OC)c2n1)C(=O)Nc1cccc(C(C)=O)c1. The van der Waals surface area contributed by atoms with E-state index in [1.807, 2.05) is 38.1 Å². The minimum absolute atomic E-state index is 0.0349. The quantitative estimate of drug-likeness (QED) is 0.426. The maximum absolute atomic E-state index is 12.8. The normalized spacial score (nSPS) is 11.9. The molecule has 0 aliphatic carbocycles. The largest absolute Gasteiger partial charge is 0.494 e. The van der Waals surface area contributed by atoms with E-state index in [4.69, 9.17) is 9.72 Å². The summed E-state index contributed by atoms with van der Waals surface area (Å²) >= 11 is 1.43. The number of hydrogen-bond acceptors (Lipinski definition) is 5. The van der Waals surface area contributed by atoms with Crippen LogP contribution in [-0.4, -0.2) is 29.0 Å². The van der Waals surface area contributed by atoms with Crippen molar-refractivity contribution in [1.82, 2.24) is 4.98 Å². The first kappa shape index (κ1) is 20.9. The van der Waals surface area contributed by atoms with E-state index in [0.717, 1.165) is 21.5 Å². The van der Waals surface area contributed by atoms with Crippen molar-refractivity contribution in [3.05, 3.63) is 59.7 Å². The van der Waals surface area contributed by atoms with E-state index < -0.39 is 0 Å². The van der Waals surface area contributed by atoms with Crippen molar-refractivity contribution >= 4 is 40.0 Å². The summed E-state index contributed by atoms with van der Waals surface area (Å²) in [4.78, 5) is 29.1. The Balaban J connectivity index is 1.83. The summed E-state index contributed by atoms with van der Waals surface area (Å²) in [5, 5.41) is 4.42. The molecule has 1 unspecified atom stereocenters. The molecule has 1 amide bonds. The molecule has 1 heterocycles. The molecule has 0 bridgehead atoms. The molecular weight excluding hydrogens is 384 g/mol. The number of thioether (sulfide) groups is 1. The van der Waals surface area contributed by atoms with Crippen LogP contribution in [-0.2, 0) is 4.79 Å². The Morgan fingerprint density at radius 1 is 1.17 bits per heavy atom. The Kier molecular flexibility index (Phi) is 6.54. The van der Waals surface area contributed by atoms with Gasteiger partial charge in [0, 0.05) is 16.6 Å². The maximum Gasteiger partial charge on any atom is 0.237 e. The number of anilines is 1. The summed E-state index contributed by atoms with van der Waals surface area (Å²) in [6, 6.07) is 14.8. The van der Waals surface area contributed by atoms with Gasteiger partial charge in [-0.25, -0.2) is 4.98 Å². The Morgan fingerprint density at radius 2 is 1.93 bits per heavy atom. The van der Waals surface area contributed by atoms with Crippen molar-refractivity contribution < 1.29 is 14.3 Å². The van der Waals surface area contributed by atoms with Gasteiger partial charge in [-0.05, 0) is 50.1 Å². The van der Waals surface area contributed by atoms with Crippen molar-refractivity contribution in [2.24, 2.45) is 0 Å². The first-order valence-corrected chi connectivity index (χ1v) is 10.3. The number of carbonyl (C=O) groups is 2. The van der Waals surface area contributed by atoms with Gasteiger partial charge in [-0.15, -0.1) is 0 Å². The van der Waals surface area contributed by atoms with Crippen LogP contribution in [0, 0.1) is 6.92 Å². The number of aryl methyl sites for hydroxylation is 1. The number of hydrogen-bond donors (Lipinski definition) is 1. The summed E-state index contributed by atoms with van der Waals surface area (Å²) in [6.07, 6.45) is 0.646. The lowest BCUT2D eigenvalue weighted by Gasteiger charge is -2.16. The highest BCUT2D eigenvalue weighted by molar-refractivity contribution is 8.00. The van der Waals surface area contributed by atoms with Crippen LogP contribution in [0.2, 0.25) is 0 Å². The zero-order valence-corrected chi connectivity index (χ0v) is 17.8. The molecule has 1 aromatic heterocycles. The molecule has 0 saturated carbocycles. The third kappa shape index (κ3) is 4.77. The van der Waals surface area contributed by atoms with Crippen molar-refractivity contribution in [1.29, 1.82) is 0 Å². The van der Waals surface area contributed by atoms with Gasteiger partial charge in [-0.2, -0.15) is 0 Å². The molecular formula is C23H24N2O3S. The molecule has 2 aromatic carbocycles. The Hall–Kier alpha value is -2.86. The summed E-state index contributed by atoms with van der Waals surface area (Å²) < 4.78 is 5.45. The second-order valence-corrected chi connectivity index (χ2v) is 8.00. The van der Waals surface area contributed by atoms with Gasteiger partial charge in [0.15, 0.2) is 5.78 Å². The molecule has 0 aliphatic rings. The van der Waals surface area contributed by atoms with Gasteiger partial charge in [0.25, 0.3) is 0 Å². The molecule has 1 N–H and O–H groups in total. The van der Waals surface area contributed by atoms with Gasteiger partial charge in [-0.1, -0.05) is 43.0 Å². The monoisotopic (exact) mass is 408 g/mol. The van der Waals surface area contributed by atoms with Crippen molar-refractivity contribution in [2.45, 2.75) is 37.5 Å². The molecule has 3 rings (SSSR count). The van der Waals surface area contributed by atoms with E-state index in [0.29, 0.717) is 23.4 Å². The lowest BCUT2D eigenvalue weighted by atomic mass is 10.1. The molecule has 0 spiro atoms. The highest BCUT2D eigenvalue weighted by Gasteiger charge is 2.20. The number of carbonyl (C=O) groups excluding carboxylic acids is 2. The summed E-state index contributed by atoms with van der Waals surface area (Å²) in [5.74, 6) is 0.566. The highest BCUT2D eigenvalue weighted by atomic mass is 32.2. The van der Waals surface area contributed by atoms with Gasteiger partial charge < -0.3 is 10.1 Å². The van der Waals surface area contributed by atoms with Crippen LogP contribution < -0.4 is 10.1 Å². The predicted octanol–water partition coefficient (Wildman–Crippen LogP) is 5.26. The topological polar surface area (TPSA) is 68.3 Å². The van der Waals surface area contributed by atoms with E-state index in [9.17, 15) is 9.59 Å². The number of ether oxygens (including phenoxy) is 1. The first-order chi connectivity index (χ1) is 13.9. The molecule has 0 saturated heterocycles. The second kappa shape index (κ2) is 9.09. The van der Waals surface area contributed by atoms with Crippen LogP contribution in [0.3, 0.4) is 0 Å². The van der Waals surface area contributed by atoms with Crippen molar-refractivity contribution in [2.75, 3.05) is 12.4 Å². The number of amides is 1. The maximum atomic E-state index is 12.8. The number of ketones is 1. The van der Waals surface area contributed by atoms with Gasteiger partial charge in [-0.3, -0.25) is 9.59 Å². The molecule has 5 nitrogen and oxygen atoms in total. The number of nitrogens with one attached hydrogen (secondary N) is 1. The average molecular weight is 409 g/mol. The number of Topliss-reactive ketones (excluding diaryl/α,β-unsaturated/α-hetero) is 1. The lowest BCUT2D eigenvalue weighted by Crippen LogP contribution is -2.24. The van der Waals surface area contributed by atoms with E-state index >= 15 is 0 Å². The number of fused-ring (bicyclic) bond motifs is 1. The standard InChI is InChI=1S/C23H24N2O3S/c1-5-20(23(27)24-17-9-6-8-16(13-17)15(3)26)29-21-12-14(2)18-10-7-11-19(28-4)22(18)25-21/h6-13,20H,5H2,1-4H3,(H,24,27). The summed E-state index contributed by atoms with van der Waals surface area (Å²) in [5.41, 5.74) is 3.07. The van der Waals surface area contributed by atoms with Crippen LogP contribution in [0.1, 0.15) is 36.2 Å². The van der Waals surface area contributed by atoms with Crippen LogP contribution >= 0.6 is 11.8 Å². The number of methoxy groups -OCH3 is 1. The average Bonchev–Trinajstić information content (AvgIpc) is 2.71. The fourth-order valence-electron chi connectivity index (χ4n) is 3.09. The van der Waals surface area contributed by atoms with Crippen LogP contribution in [0.15, 0.2) is 53.6 Å². The number of nitrogens with zero attached hydrogens (tertiary/aromatic N) is 1. The van der Waals surface area contributed by atoms with E-state index in [1.165, 1.54) is 18.7 Å². The van der Waals surface area contributed by atoms with Gasteiger partial charge >= 0.3 is 0 Å². The highest BCUT2D eigenvalue weighted by Crippen LogP contribution is 2.32. The van der Waals surface area contributed by atoms with Gasteiger partial charge in [0.05, 0.1) is 17.4 Å². The van der Waals surface area contributed by atoms with Crippen molar-refractivity contribution in [3.8, 4) is 5.75 Å². The minimum Gasteiger partial charge on any atom is -0.494 e. The van der Waals surface area contributed by atoms with Crippen LogP contribution in [0.25, 0.3) is 10.9 Å². The zero-order valence-electron chi connectivity index (χ0n) is 17.0. The number of pyridine rings is 1. The van der Waals surface area contributed by atoms with E-state index in [1.54, 1.807) is 31.4 Å². The molecule has 29 heavy (non-hydrogen) atoms. The molecule has 6 heteroatoms. The Bertz CT molecular complexity index is 1070. The van der Waals surface area contributed by atoms with Crippen molar-refractivity contribution in [3.63, 3.8) is 0 Å². The predicted molar refractivity (Wildman–Crippen MR) is 118 cm³/mol. The fourth-order valence-corrected chi connectivity index (χ4v) is 4.11. The smallest absolute Gasteiger partial charge is 0.237 e. The molecule has 1 atom stereocenters. The molecule has 3 aromatic rings. The van der Waals surface area contributed by atoms with Crippen LogP contribution in [0.4, 0.5) is 5.69 Å². The minimum atomic E-state index is -0.310. The first-order valence-electron chi connectivity index (χ1n) is 9.45. The number of rotatable bonds is 7. The molecule has 0 radical (unpaired) electrons. The summed E-state index contributed by atoms with van der Waals surface area (Å²) in [7, 11) is 1.63. The third-order valence-corrected chi connectivity index (χ3v) is 5.95. The second-order valence-electron chi connectivity index (χ2n) is 6.77. The number of benzene rings is 2. The third-order valence-electron chi connectivity index (χ3n) is 4.67. The summed E-state index contributed by atoms with van der Waals surface area (Å²) in [6.45, 7) is 5.51. The Labute approximate surface area is 174 Å². The number of para-hydroxylation sites is 1. The van der Waals surface area contributed by atoms with Gasteiger partial charge in [0.1, 0.15) is 11.3 Å². The van der Waals surface area contributed by atoms with E-state index in [-0.39, 0.29) is 16.9 Å². The van der Waals surface area contributed by atoms with Gasteiger partial charge in [0.2, 0.25) is 5.91 Å². The Morgan fingerprint density at radius 3 is 2.62 bits per heavy atom. The lowest BCUT2D eigenvalue weighted by molar-refractivity contribution is -0.115. The molecule has 0 fully saturated rings. The fraction of sp³-hybridized carbons (Fsp3) is 0.261. The molecule has 150 valence electrons.